The summed E-state index contributed by atoms with van der Waals surface area (Å²) in [6.45, 7) is 0. The van der Waals surface area contributed by atoms with E-state index in [1.807, 2.05) is 0 Å². The van der Waals surface area contributed by atoms with Crippen molar-refractivity contribution >= 4 is 40.6 Å². The molecule has 0 unspecified atom stereocenters. The number of hydrogen-bond acceptors (Lipinski definition) is 7. The summed E-state index contributed by atoms with van der Waals surface area (Å²) >= 11 is 0.703. The van der Waals surface area contributed by atoms with Crippen LogP contribution in [0.25, 0.3) is 6.08 Å². The number of hydrogen-bond donors (Lipinski definition) is 3. The number of carboxylic acid groups (broad SMARTS) is 1. The molecule has 0 saturated carbocycles. The Labute approximate surface area is 157 Å². The van der Waals surface area contributed by atoms with Crippen molar-refractivity contribution in [1.82, 2.24) is 0 Å². The molecule has 2 amide bonds. The number of carboxylic acids is 1. The van der Waals surface area contributed by atoms with Gasteiger partial charge < -0.3 is 20.1 Å². The van der Waals surface area contributed by atoms with Gasteiger partial charge in [-0.05, 0) is 47.7 Å². The molecule has 8 nitrogen and oxygen atoms in total. The maximum absolute atomic E-state index is 12.6. The van der Waals surface area contributed by atoms with Crippen LogP contribution in [0.3, 0.4) is 0 Å². The number of nitrogens with zero attached hydrogens (tertiary/aromatic N) is 1. The van der Waals surface area contributed by atoms with Crippen molar-refractivity contribution in [3.8, 4) is 17.2 Å². The van der Waals surface area contributed by atoms with Crippen molar-refractivity contribution in [1.29, 1.82) is 0 Å². The van der Waals surface area contributed by atoms with Gasteiger partial charge in [0.15, 0.2) is 11.5 Å². The highest BCUT2D eigenvalue weighted by Crippen LogP contribution is 2.38. The molecule has 1 heterocycles. The number of imide groups is 1. The fourth-order valence-corrected chi connectivity index (χ4v) is 3.31. The van der Waals surface area contributed by atoms with E-state index in [0.717, 1.165) is 17.0 Å². The van der Waals surface area contributed by atoms with E-state index in [1.54, 1.807) is 6.07 Å². The molecule has 27 heavy (non-hydrogen) atoms. The van der Waals surface area contributed by atoms with Crippen molar-refractivity contribution in [2.45, 2.75) is 0 Å². The van der Waals surface area contributed by atoms with Crippen LogP contribution in [-0.4, -0.2) is 39.5 Å². The van der Waals surface area contributed by atoms with Gasteiger partial charge in [0, 0.05) is 6.07 Å². The van der Waals surface area contributed by atoms with Crippen LogP contribution in [0.1, 0.15) is 15.9 Å². The Morgan fingerprint density at radius 2 is 1.85 bits per heavy atom. The summed E-state index contributed by atoms with van der Waals surface area (Å²) in [4.78, 5) is 36.8. The number of carbonyl (C=O) groups excluding carboxylic acids is 2. The number of ether oxygens (including phenoxy) is 1. The minimum Gasteiger partial charge on any atom is -0.507 e. The quantitative estimate of drug-likeness (QED) is 0.684. The first-order valence-corrected chi connectivity index (χ1v) is 8.34. The van der Waals surface area contributed by atoms with E-state index in [-0.39, 0.29) is 27.7 Å². The summed E-state index contributed by atoms with van der Waals surface area (Å²) in [6, 6.07) is 7.90. The lowest BCUT2D eigenvalue weighted by Crippen LogP contribution is -2.27. The number of phenols is 2. The summed E-state index contributed by atoms with van der Waals surface area (Å²) in [6.07, 6.45) is 1.47. The van der Waals surface area contributed by atoms with Crippen molar-refractivity contribution in [3.05, 3.63) is 52.4 Å². The number of carbonyl (C=O) groups is 3. The molecule has 1 fully saturated rings. The molecule has 0 spiro atoms. The van der Waals surface area contributed by atoms with Gasteiger partial charge in [-0.2, -0.15) is 0 Å². The van der Waals surface area contributed by atoms with Crippen molar-refractivity contribution in [3.63, 3.8) is 0 Å². The number of benzene rings is 2. The highest BCUT2D eigenvalue weighted by atomic mass is 32.2. The van der Waals surface area contributed by atoms with Gasteiger partial charge in [0.25, 0.3) is 11.1 Å². The summed E-state index contributed by atoms with van der Waals surface area (Å²) in [5, 5.41) is 27.8. The molecule has 2 aromatic rings. The van der Waals surface area contributed by atoms with Crippen molar-refractivity contribution in [2.24, 2.45) is 0 Å². The first-order valence-electron chi connectivity index (χ1n) is 7.53. The fraction of sp³-hybridized carbons (Fsp3) is 0.0556. The molecular formula is C18H13NO7S. The smallest absolute Gasteiger partial charge is 0.339 e. The second kappa shape index (κ2) is 7.04. The SMILES string of the molecule is COc1cc(/C=C2\SC(=O)N(c3ccc(C(=O)O)c(O)c3)C2=O)ccc1O. The number of phenolic OH excluding ortho intramolecular Hbond substituents is 1. The highest BCUT2D eigenvalue weighted by molar-refractivity contribution is 8.19. The number of aromatic carboxylic acids is 1. The predicted molar refractivity (Wildman–Crippen MR) is 98.2 cm³/mol. The normalized spacial score (nSPS) is 15.4. The molecule has 0 aliphatic carbocycles. The van der Waals surface area contributed by atoms with Gasteiger partial charge in [0.05, 0.1) is 17.7 Å². The molecule has 0 aromatic heterocycles. The van der Waals surface area contributed by atoms with Gasteiger partial charge >= 0.3 is 5.97 Å². The first-order chi connectivity index (χ1) is 12.8. The van der Waals surface area contributed by atoms with E-state index < -0.39 is 22.9 Å². The van der Waals surface area contributed by atoms with Crippen LogP contribution in [-0.2, 0) is 4.79 Å². The van der Waals surface area contributed by atoms with Gasteiger partial charge in [-0.1, -0.05) is 6.07 Å². The third-order valence-corrected chi connectivity index (χ3v) is 4.63. The van der Waals surface area contributed by atoms with Crippen LogP contribution in [0.5, 0.6) is 17.2 Å². The van der Waals surface area contributed by atoms with E-state index in [0.29, 0.717) is 17.3 Å². The number of rotatable bonds is 4. The van der Waals surface area contributed by atoms with Crippen molar-refractivity contribution < 1.29 is 34.4 Å². The fourth-order valence-electron chi connectivity index (χ4n) is 2.47. The largest absolute Gasteiger partial charge is 0.507 e. The second-order valence-electron chi connectivity index (χ2n) is 5.46. The Morgan fingerprint density at radius 1 is 1.11 bits per heavy atom. The Morgan fingerprint density at radius 3 is 2.48 bits per heavy atom. The third-order valence-electron chi connectivity index (χ3n) is 3.77. The van der Waals surface area contributed by atoms with Gasteiger partial charge in [-0.3, -0.25) is 9.59 Å². The molecule has 1 aliphatic rings. The molecule has 1 aliphatic heterocycles. The number of anilines is 1. The highest BCUT2D eigenvalue weighted by Gasteiger charge is 2.36. The zero-order chi connectivity index (χ0) is 19.7. The van der Waals surface area contributed by atoms with Crippen LogP contribution in [0.15, 0.2) is 41.3 Å². The minimum absolute atomic E-state index is 0.0586. The number of amides is 2. The predicted octanol–water partition coefficient (Wildman–Crippen LogP) is 3.05. The van der Waals surface area contributed by atoms with E-state index >= 15 is 0 Å². The lowest BCUT2D eigenvalue weighted by Gasteiger charge is -2.13. The van der Waals surface area contributed by atoms with Gasteiger partial charge in [-0.25, -0.2) is 9.69 Å². The molecule has 138 valence electrons. The van der Waals surface area contributed by atoms with Crippen molar-refractivity contribution in [2.75, 3.05) is 12.0 Å². The molecular weight excluding hydrogens is 374 g/mol. The van der Waals surface area contributed by atoms with Crippen LogP contribution < -0.4 is 9.64 Å². The molecule has 0 bridgehead atoms. The topological polar surface area (TPSA) is 124 Å². The molecule has 2 aromatic carbocycles. The number of thioether (sulfide) groups is 1. The van der Waals surface area contributed by atoms with Gasteiger partial charge in [0.2, 0.25) is 0 Å². The Kier molecular flexibility index (Phi) is 4.78. The van der Waals surface area contributed by atoms with Crippen LogP contribution >= 0.6 is 11.8 Å². The molecule has 3 rings (SSSR count). The lowest BCUT2D eigenvalue weighted by molar-refractivity contribution is -0.113. The Bertz CT molecular complexity index is 999. The molecule has 0 radical (unpaired) electrons. The number of methoxy groups -OCH3 is 1. The molecule has 0 atom stereocenters. The van der Waals surface area contributed by atoms with E-state index in [2.05, 4.69) is 0 Å². The standard InChI is InChI=1S/C18H13NO7S/c1-26-14-6-9(2-5-12(14)20)7-15-16(22)19(18(25)27-15)10-3-4-11(17(23)24)13(21)8-10/h2-8,20-21H,1H3,(H,23,24)/b15-7-. The lowest BCUT2D eigenvalue weighted by atomic mass is 10.1. The van der Waals surface area contributed by atoms with Crippen LogP contribution in [0, 0.1) is 0 Å². The van der Waals surface area contributed by atoms with Gasteiger partial charge in [-0.15, -0.1) is 0 Å². The van der Waals surface area contributed by atoms with Gasteiger partial charge in [0.1, 0.15) is 11.3 Å². The zero-order valence-electron chi connectivity index (χ0n) is 13.9. The average molecular weight is 387 g/mol. The van der Waals surface area contributed by atoms with Crippen LogP contribution in [0.2, 0.25) is 0 Å². The monoisotopic (exact) mass is 387 g/mol. The summed E-state index contributed by atoms with van der Waals surface area (Å²) < 4.78 is 5.01. The Hall–Kier alpha value is -3.46. The maximum Gasteiger partial charge on any atom is 0.339 e. The number of aromatic hydroxyl groups is 2. The molecule has 1 saturated heterocycles. The summed E-state index contributed by atoms with van der Waals surface area (Å²) in [5.41, 5.74) is 0.267. The van der Waals surface area contributed by atoms with E-state index in [9.17, 15) is 24.6 Å². The Balaban J connectivity index is 1.93. The molecule has 9 heteroatoms. The van der Waals surface area contributed by atoms with Crippen LogP contribution in [0.4, 0.5) is 10.5 Å². The minimum atomic E-state index is -1.32. The average Bonchev–Trinajstić information content (AvgIpc) is 2.89. The zero-order valence-corrected chi connectivity index (χ0v) is 14.7. The van der Waals surface area contributed by atoms with E-state index in [4.69, 9.17) is 9.84 Å². The maximum atomic E-state index is 12.6. The third kappa shape index (κ3) is 3.44. The summed E-state index contributed by atoms with van der Waals surface area (Å²) in [5.74, 6) is -2.32. The summed E-state index contributed by atoms with van der Waals surface area (Å²) in [7, 11) is 1.39. The van der Waals surface area contributed by atoms with E-state index in [1.165, 1.54) is 31.4 Å². The first kappa shape index (κ1) is 18.3. The second-order valence-corrected chi connectivity index (χ2v) is 6.45. The molecule has 3 N–H and O–H groups in total.